The average molecular weight is 254 g/mol. The molecule has 2 rings (SSSR count). The fourth-order valence-electron chi connectivity index (χ4n) is 2.15. The van der Waals surface area contributed by atoms with E-state index in [4.69, 9.17) is 5.73 Å². The molecule has 0 aliphatic heterocycles. The van der Waals surface area contributed by atoms with Gasteiger partial charge in [-0.05, 0) is 36.5 Å². The molecule has 14 heavy (non-hydrogen) atoms. The van der Waals surface area contributed by atoms with Crippen molar-refractivity contribution in [3.63, 3.8) is 0 Å². The van der Waals surface area contributed by atoms with Gasteiger partial charge in [-0.25, -0.2) is 0 Å². The standard InChI is InChI=1S/C12H16BrN/c1-2-10-8-12(10,14)7-9-3-5-11(13)6-4-9/h3-6,10H,2,7-8,14H2,1H3. The molecule has 1 aromatic rings. The van der Waals surface area contributed by atoms with Gasteiger partial charge in [0.2, 0.25) is 0 Å². The molecule has 1 saturated carbocycles. The van der Waals surface area contributed by atoms with Crippen molar-refractivity contribution in [2.24, 2.45) is 11.7 Å². The molecule has 2 atom stereocenters. The molecule has 2 heteroatoms. The molecule has 0 spiro atoms. The molecule has 0 bridgehead atoms. The lowest BCUT2D eigenvalue weighted by atomic mass is 10.0. The Morgan fingerprint density at radius 3 is 2.57 bits per heavy atom. The van der Waals surface area contributed by atoms with E-state index in [-0.39, 0.29) is 5.54 Å². The number of nitrogens with two attached hydrogens (primary N) is 1. The topological polar surface area (TPSA) is 26.0 Å². The van der Waals surface area contributed by atoms with E-state index < -0.39 is 0 Å². The van der Waals surface area contributed by atoms with Gasteiger partial charge in [0.15, 0.2) is 0 Å². The molecule has 0 saturated heterocycles. The van der Waals surface area contributed by atoms with E-state index in [1.807, 2.05) is 0 Å². The number of benzene rings is 1. The van der Waals surface area contributed by atoms with Gasteiger partial charge in [-0.15, -0.1) is 0 Å². The molecule has 1 fully saturated rings. The van der Waals surface area contributed by atoms with Crippen LogP contribution in [0.25, 0.3) is 0 Å². The van der Waals surface area contributed by atoms with Crippen LogP contribution in [0.5, 0.6) is 0 Å². The Bertz CT molecular complexity index is 320. The van der Waals surface area contributed by atoms with E-state index >= 15 is 0 Å². The van der Waals surface area contributed by atoms with Crippen LogP contribution in [0.3, 0.4) is 0 Å². The Kier molecular flexibility index (Phi) is 2.67. The summed E-state index contributed by atoms with van der Waals surface area (Å²) in [5.74, 6) is 0.742. The van der Waals surface area contributed by atoms with Crippen LogP contribution in [0, 0.1) is 5.92 Å². The minimum atomic E-state index is 0.0998. The van der Waals surface area contributed by atoms with Gasteiger partial charge in [0, 0.05) is 10.0 Å². The van der Waals surface area contributed by atoms with Gasteiger partial charge in [0.1, 0.15) is 0 Å². The van der Waals surface area contributed by atoms with Crippen LogP contribution in [0.15, 0.2) is 28.7 Å². The molecule has 0 aromatic heterocycles. The van der Waals surface area contributed by atoms with Crippen molar-refractivity contribution in [3.8, 4) is 0 Å². The van der Waals surface area contributed by atoms with Gasteiger partial charge in [-0.2, -0.15) is 0 Å². The highest BCUT2D eigenvalue weighted by atomic mass is 79.9. The molecular weight excluding hydrogens is 238 g/mol. The number of hydrogen-bond acceptors (Lipinski definition) is 1. The van der Waals surface area contributed by atoms with Crippen molar-refractivity contribution in [1.82, 2.24) is 0 Å². The summed E-state index contributed by atoms with van der Waals surface area (Å²) >= 11 is 3.43. The van der Waals surface area contributed by atoms with Crippen molar-refractivity contribution in [2.75, 3.05) is 0 Å². The summed E-state index contributed by atoms with van der Waals surface area (Å²) < 4.78 is 1.13. The Labute approximate surface area is 93.8 Å². The first-order valence-electron chi connectivity index (χ1n) is 5.17. The first-order valence-corrected chi connectivity index (χ1v) is 5.96. The van der Waals surface area contributed by atoms with Crippen LogP contribution in [0.4, 0.5) is 0 Å². The Hall–Kier alpha value is -0.340. The molecule has 0 amide bonds. The fourth-order valence-corrected chi connectivity index (χ4v) is 2.41. The minimum absolute atomic E-state index is 0.0998. The Balaban J connectivity index is 2.02. The van der Waals surface area contributed by atoms with Gasteiger partial charge < -0.3 is 5.73 Å². The zero-order chi connectivity index (χ0) is 10.2. The van der Waals surface area contributed by atoms with Gasteiger partial charge >= 0.3 is 0 Å². The second-order valence-corrected chi connectivity index (χ2v) is 5.26. The molecule has 1 aliphatic rings. The quantitative estimate of drug-likeness (QED) is 0.881. The Morgan fingerprint density at radius 1 is 1.43 bits per heavy atom. The first-order chi connectivity index (χ1) is 6.64. The summed E-state index contributed by atoms with van der Waals surface area (Å²) in [6, 6.07) is 8.48. The van der Waals surface area contributed by atoms with Crippen molar-refractivity contribution in [1.29, 1.82) is 0 Å². The lowest BCUT2D eigenvalue weighted by molar-refractivity contribution is 0.579. The van der Waals surface area contributed by atoms with Gasteiger partial charge in [0.05, 0.1) is 0 Å². The number of rotatable bonds is 3. The summed E-state index contributed by atoms with van der Waals surface area (Å²) in [6.45, 7) is 2.22. The monoisotopic (exact) mass is 253 g/mol. The van der Waals surface area contributed by atoms with Crippen molar-refractivity contribution in [3.05, 3.63) is 34.3 Å². The molecule has 0 radical (unpaired) electrons. The maximum Gasteiger partial charge on any atom is 0.0227 e. The zero-order valence-electron chi connectivity index (χ0n) is 8.46. The second-order valence-electron chi connectivity index (χ2n) is 4.35. The average Bonchev–Trinajstić information content (AvgIpc) is 2.81. The molecule has 1 aliphatic carbocycles. The van der Waals surface area contributed by atoms with Crippen LogP contribution >= 0.6 is 15.9 Å². The second kappa shape index (κ2) is 3.67. The normalized spacial score (nSPS) is 30.4. The third-order valence-electron chi connectivity index (χ3n) is 3.22. The van der Waals surface area contributed by atoms with Crippen LogP contribution in [0.2, 0.25) is 0 Å². The van der Waals surface area contributed by atoms with E-state index in [0.29, 0.717) is 0 Å². The van der Waals surface area contributed by atoms with E-state index in [2.05, 4.69) is 47.1 Å². The molecule has 2 N–H and O–H groups in total. The molecule has 1 aromatic carbocycles. The maximum absolute atomic E-state index is 6.26. The largest absolute Gasteiger partial charge is 0.325 e. The van der Waals surface area contributed by atoms with E-state index in [1.54, 1.807) is 0 Å². The minimum Gasteiger partial charge on any atom is -0.325 e. The Morgan fingerprint density at radius 2 is 2.07 bits per heavy atom. The predicted molar refractivity (Wildman–Crippen MR) is 63.2 cm³/mol. The highest BCUT2D eigenvalue weighted by Gasteiger charge is 2.48. The molecular formula is C12H16BrN. The van der Waals surface area contributed by atoms with Crippen molar-refractivity contribution in [2.45, 2.75) is 31.7 Å². The van der Waals surface area contributed by atoms with E-state index in [9.17, 15) is 0 Å². The van der Waals surface area contributed by atoms with Crippen LogP contribution in [-0.4, -0.2) is 5.54 Å². The lowest BCUT2D eigenvalue weighted by Gasteiger charge is -2.10. The maximum atomic E-state index is 6.26. The van der Waals surface area contributed by atoms with E-state index in [0.717, 1.165) is 16.8 Å². The SMILES string of the molecule is CCC1CC1(N)Cc1ccc(Br)cc1. The van der Waals surface area contributed by atoms with Gasteiger partial charge in [-0.1, -0.05) is 41.4 Å². The smallest absolute Gasteiger partial charge is 0.0227 e. The zero-order valence-corrected chi connectivity index (χ0v) is 10.0. The van der Waals surface area contributed by atoms with Crippen LogP contribution in [-0.2, 0) is 6.42 Å². The third kappa shape index (κ3) is 2.01. The summed E-state index contributed by atoms with van der Waals surface area (Å²) in [5.41, 5.74) is 7.71. The first kappa shape index (κ1) is 10.2. The highest BCUT2D eigenvalue weighted by Crippen LogP contribution is 2.45. The summed E-state index contributed by atoms with van der Waals surface area (Å²) in [7, 11) is 0. The summed E-state index contributed by atoms with van der Waals surface area (Å²) in [6.07, 6.45) is 3.44. The van der Waals surface area contributed by atoms with E-state index in [1.165, 1.54) is 18.4 Å². The van der Waals surface area contributed by atoms with Crippen LogP contribution in [0.1, 0.15) is 25.3 Å². The summed E-state index contributed by atoms with van der Waals surface area (Å²) in [4.78, 5) is 0. The van der Waals surface area contributed by atoms with Crippen molar-refractivity contribution < 1.29 is 0 Å². The molecule has 76 valence electrons. The highest BCUT2D eigenvalue weighted by molar-refractivity contribution is 9.10. The number of halogens is 1. The number of hydrogen-bond donors (Lipinski definition) is 1. The summed E-state index contributed by atoms with van der Waals surface area (Å²) in [5, 5.41) is 0. The lowest BCUT2D eigenvalue weighted by Crippen LogP contribution is -2.27. The molecule has 0 heterocycles. The molecule has 1 nitrogen and oxygen atoms in total. The molecule has 2 unspecified atom stereocenters. The van der Waals surface area contributed by atoms with Gasteiger partial charge in [0.25, 0.3) is 0 Å². The van der Waals surface area contributed by atoms with Gasteiger partial charge in [-0.3, -0.25) is 0 Å². The van der Waals surface area contributed by atoms with Crippen LogP contribution < -0.4 is 5.73 Å². The fraction of sp³-hybridized carbons (Fsp3) is 0.500. The van der Waals surface area contributed by atoms with Crippen molar-refractivity contribution >= 4 is 15.9 Å². The third-order valence-corrected chi connectivity index (χ3v) is 3.75. The predicted octanol–water partition coefficient (Wildman–Crippen LogP) is 3.12.